The smallest absolute Gasteiger partial charge is 0.330 e. The van der Waals surface area contributed by atoms with E-state index >= 15 is 0 Å². The summed E-state index contributed by atoms with van der Waals surface area (Å²) in [6.45, 7) is 13.8. The fourth-order valence-electron chi connectivity index (χ4n) is 0.298. The fourth-order valence-corrected chi connectivity index (χ4v) is 0.894. The van der Waals surface area contributed by atoms with E-state index in [0.717, 1.165) is 18.2 Å². The van der Waals surface area contributed by atoms with Gasteiger partial charge < -0.3 is 10.2 Å². The van der Waals surface area contributed by atoms with Crippen LogP contribution >= 0.6 is 0 Å². The Labute approximate surface area is 147 Å². The SMILES string of the molecule is C=C(C)C(=O)O.C=CC(=O)O.C=CCS(=O)(=O)O.C=CCS(=O)(=O)O. The largest absolute Gasteiger partial charge is 0.478 e. The van der Waals surface area contributed by atoms with Crippen LogP contribution in [-0.2, 0) is 29.8 Å². The molecule has 0 unspecified atom stereocenters. The van der Waals surface area contributed by atoms with Gasteiger partial charge in [-0.3, -0.25) is 9.11 Å². The Kier molecular flexibility index (Phi) is 20.3. The average molecular weight is 402 g/mol. The van der Waals surface area contributed by atoms with Gasteiger partial charge in [0.15, 0.2) is 0 Å². The van der Waals surface area contributed by atoms with Crippen molar-refractivity contribution in [3.63, 3.8) is 0 Å². The summed E-state index contributed by atoms with van der Waals surface area (Å²) in [7, 11) is -7.58. The van der Waals surface area contributed by atoms with E-state index in [9.17, 15) is 26.4 Å². The first-order chi connectivity index (χ1) is 11.0. The molecule has 0 saturated heterocycles. The summed E-state index contributed by atoms with van der Waals surface area (Å²) in [5.41, 5.74) is 0.176. The van der Waals surface area contributed by atoms with Crippen molar-refractivity contribution < 1.29 is 45.7 Å². The molecule has 0 spiro atoms. The summed E-state index contributed by atoms with van der Waals surface area (Å²) in [6, 6.07) is 0. The number of carbonyl (C=O) groups is 2. The molecule has 12 heteroatoms. The summed E-state index contributed by atoms with van der Waals surface area (Å²) in [4.78, 5) is 18.8. The van der Waals surface area contributed by atoms with Crippen molar-refractivity contribution in [1.82, 2.24) is 0 Å². The number of hydrogen-bond donors (Lipinski definition) is 4. The molecule has 0 saturated carbocycles. The highest BCUT2D eigenvalue weighted by Crippen LogP contribution is 1.81. The lowest BCUT2D eigenvalue weighted by Gasteiger charge is -1.82. The molecule has 0 aromatic rings. The molecule has 0 aliphatic rings. The molecule has 0 aromatic heterocycles. The molecule has 0 rings (SSSR count). The molecule has 0 aliphatic heterocycles. The van der Waals surface area contributed by atoms with E-state index in [0.29, 0.717) is 0 Å². The Hall–Kier alpha value is -2.28. The molecule has 0 amide bonds. The Morgan fingerprint density at radius 3 is 1.08 bits per heavy atom. The van der Waals surface area contributed by atoms with E-state index in [1.165, 1.54) is 6.92 Å². The molecule has 0 radical (unpaired) electrons. The van der Waals surface area contributed by atoms with Crippen LogP contribution in [0.1, 0.15) is 6.92 Å². The Morgan fingerprint density at radius 1 is 0.880 bits per heavy atom. The second-order valence-corrected chi connectivity index (χ2v) is 6.70. The number of hydrogen-bond acceptors (Lipinski definition) is 6. The molecular formula is C13H22O10S2. The zero-order valence-corrected chi connectivity index (χ0v) is 15.2. The van der Waals surface area contributed by atoms with Crippen LogP contribution in [0.2, 0.25) is 0 Å². The quantitative estimate of drug-likeness (QED) is 0.284. The third-order valence-electron chi connectivity index (χ3n) is 1.20. The van der Waals surface area contributed by atoms with Gasteiger partial charge in [0, 0.05) is 11.6 Å². The van der Waals surface area contributed by atoms with Crippen LogP contribution < -0.4 is 0 Å². The van der Waals surface area contributed by atoms with Crippen molar-refractivity contribution in [2.75, 3.05) is 11.5 Å². The molecule has 0 atom stereocenters. The van der Waals surface area contributed by atoms with E-state index in [1.807, 2.05) is 0 Å². The van der Waals surface area contributed by atoms with Crippen LogP contribution in [0.15, 0.2) is 50.1 Å². The van der Waals surface area contributed by atoms with Crippen molar-refractivity contribution in [3.8, 4) is 0 Å². The maximum atomic E-state index is 9.72. The van der Waals surface area contributed by atoms with Gasteiger partial charge in [-0.2, -0.15) is 16.8 Å². The highest BCUT2D eigenvalue weighted by molar-refractivity contribution is 7.86. The molecule has 0 bridgehead atoms. The highest BCUT2D eigenvalue weighted by atomic mass is 32.2. The molecule has 10 nitrogen and oxygen atoms in total. The molecule has 0 fully saturated rings. The van der Waals surface area contributed by atoms with E-state index < -0.39 is 32.2 Å². The zero-order valence-electron chi connectivity index (χ0n) is 13.5. The zero-order chi connectivity index (χ0) is 21.3. The Morgan fingerprint density at radius 2 is 1.08 bits per heavy atom. The Balaban J connectivity index is -0.000000119. The summed E-state index contributed by atoms with van der Waals surface area (Å²) >= 11 is 0. The first-order valence-corrected chi connectivity index (χ1v) is 9.12. The van der Waals surface area contributed by atoms with E-state index in [1.54, 1.807) is 0 Å². The third-order valence-corrected chi connectivity index (χ3v) is 2.51. The van der Waals surface area contributed by atoms with Crippen molar-refractivity contribution in [2.24, 2.45) is 0 Å². The van der Waals surface area contributed by atoms with Crippen molar-refractivity contribution >= 4 is 32.2 Å². The minimum Gasteiger partial charge on any atom is -0.478 e. The van der Waals surface area contributed by atoms with E-state index in [4.69, 9.17) is 19.3 Å². The van der Waals surface area contributed by atoms with Gasteiger partial charge in [-0.05, 0) is 6.92 Å². The maximum absolute atomic E-state index is 9.72. The van der Waals surface area contributed by atoms with Crippen molar-refractivity contribution in [3.05, 3.63) is 50.1 Å². The number of aliphatic carboxylic acids is 2. The molecular weight excluding hydrogens is 380 g/mol. The summed E-state index contributed by atoms with van der Waals surface area (Å²) in [5, 5.41) is 15.5. The monoisotopic (exact) mass is 402 g/mol. The Bertz CT molecular complexity index is 607. The molecule has 146 valence electrons. The second-order valence-electron chi connectivity index (χ2n) is 3.70. The van der Waals surface area contributed by atoms with Crippen molar-refractivity contribution in [2.45, 2.75) is 6.92 Å². The van der Waals surface area contributed by atoms with Gasteiger partial charge >= 0.3 is 11.9 Å². The van der Waals surface area contributed by atoms with Gasteiger partial charge in [0.05, 0.1) is 11.5 Å². The first kappa shape index (κ1) is 30.6. The van der Waals surface area contributed by atoms with Gasteiger partial charge in [0.25, 0.3) is 20.2 Å². The van der Waals surface area contributed by atoms with E-state index in [2.05, 4.69) is 26.3 Å². The summed E-state index contributed by atoms with van der Waals surface area (Å²) in [5.74, 6) is -2.65. The van der Waals surface area contributed by atoms with Gasteiger partial charge in [0.2, 0.25) is 0 Å². The molecule has 25 heavy (non-hydrogen) atoms. The minimum absolute atomic E-state index is 0.176. The predicted molar refractivity (Wildman–Crippen MR) is 93.5 cm³/mol. The van der Waals surface area contributed by atoms with Crippen molar-refractivity contribution in [1.29, 1.82) is 0 Å². The van der Waals surface area contributed by atoms with Crippen LogP contribution in [0.25, 0.3) is 0 Å². The standard InChI is InChI=1S/C4H6O2.2C3H6O3S.C3H4O2/c1-3(2)4(5)6;2*1-2-3-7(4,5)6;1-2-3(4)5/h1H2,2H3,(H,5,6);2*2H,1,3H2,(H,4,5,6);2H,1H2,(H,4,5). The second kappa shape index (κ2) is 16.6. The van der Waals surface area contributed by atoms with E-state index in [-0.39, 0.29) is 17.1 Å². The van der Waals surface area contributed by atoms with Crippen LogP contribution in [0.5, 0.6) is 0 Å². The van der Waals surface area contributed by atoms with Gasteiger partial charge in [-0.1, -0.05) is 25.3 Å². The first-order valence-electron chi connectivity index (χ1n) is 5.90. The molecule has 0 heterocycles. The van der Waals surface area contributed by atoms with Crippen LogP contribution in [0.3, 0.4) is 0 Å². The lowest BCUT2D eigenvalue weighted by molar-refractivity contribution is -0.133. The highest BCUT2D eigenvalue weighted by Gasteiger charge is 1.96. The van der Waals surface area contributed by atoms with Crippen LogP contribution in [-0.4, -0.2) is 59.6 Å². The fraction of sp³-hybridized carbons (Fsp3) is 0.231. The minimum atomic E-state index is -3.79. The topological polar surface area (TPSA) is 183 Å². The normalized spacial score (nSPS) is 9.24. The predicted octanol–water partition coefficient (Wildman–Crippen LogP) is 1.02. The maximum Gasteiger partial charge on any atom is 0.330 e. The van der Waals surface area contributed by atoms with Gasteiger partial charge in [-0.25, -0.2) is 9.59 Å². The third kappa shape index (κ3) is 61.5. The van der Waals surface area contributed by atoms with Gasteiger partial charge in [-0.15, -0.1) is 13.2 Å². The lowest BCUT2D eigenvalue weighted by Crippen LogP contribution is -1.99. The van der Waals surface area contributed by atoms with Crippen LogP contribution in [0.4, 0.5) is 0 Å². The molecule has 0 aromatic carbocycles. The molecule has 0 aliphatic carbocycles. The average Bonchev–Trinajstić information content (AvgIpc) is 2.37. The number of rotatable bonds is 6. The summed E-state index contributed by atoms with van der Waals surface area (Å²) in [6.07, 6.45) is 3.07. The lowest BCUT2D eigenvalue weighted by atomic mass is 10.4. The number of carboxylic acids is 2. The molecule has 4 N–H and O–H groups in total. The van der Waals surface area contributed by atoms with Crippen LogP contribution in [0, 0.1) is 0 Å². The van der Waals surface area contributed by atoms with Gasteiger partial charge in [0.1, 0.15) is 0 Å². The summed E-state index contributed by atoms with van der Waals surface area (Å²) < 4.78 is 54.7. The number of carboxylic acid groups (broad SMARTS) is 2.